The second-order valence-electron chi connectivity index (χ2n) is 6.72. The Kier molecular flexibility index (Phi) is 5.49. The van der Waals surface area contributed by atoms with Crippen molar-refractivity contribution >= 4 is 29.1 Å². The monoisotopic (exact) mass is 406 g/mol. The Labute approximate surface area is 173 Å². The number of carbonyl (C=O) groups excluding carboxylic acids is 2. The van der Waals surface area contributed by atoms with Gasteiger partial charge in [-0.25, -0.2) is 0 Å². The lowest BCUT2D eigenvalue weighted by molar-refractivity contribution is -0.138. The van der Waals surface area contributed by atoms with Gasteiger partial charge in [-0.15, -0.1) is 0 Å². The average molecular weight is 407 g/mol. The Bertz CT molecular complexity index is 1020. The zero-order valence-electron chi connectivity index (χ0n) is 15.5. The lowest BCUT2D eigenvalue weighted by atomic mass is 9.96. The van der Waals surface area contributed by atoms with E-state index in [-0.39, 0.29) is 25.0 Å². The molecule has 3 aromatic rings. The van der Waals surface area contributed by atoms with Crippen LogP contribution in [0.25, 0.3) is 0 Å². The first-order chi connectivity index (χ1) is 14.1. The van der Waals surface area contributed by atoms with E-state index < -0.39 is 6.04 Å². The predicted octanol–water partition coefficient (Wildman–Crippen LogP) is 4.29. The highest BCUT2D eigenvalue weighted by Gasteiger charge is 2.33. The van der Waals surface area contributed by atoms with Gasteiger partial charge in [0.25, 0.3) is 5.91 Å². The van der Waals surface area contributed by atoms with E-state index in [9.17, 15) is 9.59 Å². The highest BCUT2D eigenvalue weighted by atomic mass is 35.5. The lowest BCUT2D eigenvalue weighted by Gasteiger charge is -2.30. The number of rotatable bonds is 4. The van der Waals surface area contributed by atoms with Gasteiger partial charge in [0.2, 0.25) is 5.91 Å². The molecule has 1 aliphatic heterocycles. The smallest absolute Gasteiger partial charge is 0.261 e. The van der Waals surface area contributed by atoms with Crippen LogP contribution >= 0.6 is 11.6 Å². The molecule has 6 heteroatoms. The number of fused-ring (bicyclic) bond motifs is 1. The summed E-state index contributed by atoms with van der Waals surface area (Å²) in [5.74, 6) is 0.0468. The zero-order valence-corrected chi connectivity index (χ0v) is 16.3. The minimum Gasteiger partial charge on any atom is -0.484 e. The molecule has 29 heavy (non-hydrogen) atoms. The highest BCUT2D eigenvalue weighted by molar-refractivity contribution is 6.30. The summed E-state index contributed by atoms with van der Waals surface area (Å²) in [5, 5.41) is 3.41. The van der Waals surface area contributed by atoms with E-state index in [2.05, 4.69) is 5.32 Å². The van der Waals surface area contributed by atoms with Crippen molar-refractivity contribution in [2.45, 2.75) is 6.04 Å². The summed E-state index contributed by atoms with van der Waals surface area (Å²) in [7, 11) is 0. The van der Waals surface area contributed by atoms with Gasteiger partial charge >= 0.3 is 0 Å². The number of halogens is 1. The van der Waals surface area contributed by atoms with Gasteiger partial charge < -0.3 is 15.0 Å². The minimum atomic E-state index is -0.462. The first-order valence-electron chi connectivity index (χ1n) is 9.23. The maximum absolute atomic E-state index is 13.1. The third-order valence-electron chi connectivity index (χ3n) is 4.75. The fourth-order valence-electron chi connectivity index (χ4n) is 3.45. The van der Waals surface area contributed by atoms with Gasteiger partial charge in [-0.1, -0.05) is 60.1 Å². The summed E-state index contributed by atoms with van der Waals surface area (Å²) in [6.45, 7) is -0.251. The Morgan fingerprint density at radius 1 is 1.03 bits per heavy atom. The standard InChI is InChI=1S/C23H19ClN2O3/c24-17-11-12-20-19(13-17)23(16-7-3-1-4-8-16)26(14-21(27)25-20)22(28)15-29-18-9-5-2-6-10-18/h1-13,23H,14-15H2,(H,25,27). The molecule has 0 saturated heterocycles. The molecule has 0 saturated carbocycles. The zero-order chi connectivity index (χ0) is 20.2. The summed E-state index contributed by atoms with van der Waals surface area (Å²) >= 11 is 6.25. The van der Waals surface area contributed by atoms with Crippen molar-refractivity contribution in [2.24, 2.45) is 0 Å². The maximum Gasteiger partial charge on any atom is 0.261 e. The van der Waals surface area contributed by atoms with E-state index in [1.54, 1.807) is 30.3 Å². The molecule has 4 rings (SSSR count). The van der Waals surface area contributed by atoms with Crippen molar-refractivity contribution in [3.63, 3.8) is 0 Å². The molecule has 1 aliphatic rings. The number of hydrogen-bond donors (Lipinski definition) is 1. The number of nitrogens with one attached hydrogen (secondary N) is 1. The van der Waals surface area contributed by atoms with Crippen LogP contribution in [0.5, 0.6) is 5.75 Å². The number of ether oxygens (including phenoxy) is 1. The van der Waals surface area contributed by atoms with Crippen molar-refractivity contribution in [2.75, 3.05) is 18.5 Å². The van der Waals surface area contributed by atoms with Crippen LogP contribution in [0, 0.1) is 0 Å². The lowest BCUT2D eigenvalue weighted by Crippen LogP contribution is -2.41. The number of carbonyl (C=O) groups is 2. The van der Waals surface area contributed by atoms with Gasteiger partial charge in [-0.05, 0) is 35.9 Å². The molecule has 1 atom stereocenters. The van der Waals surface area contributed by atoms with Gasteiger partial charge in [0.05, 0.1) is 6.04 Å². The summed E-state index contributed by atoms with van der Waals surface area (Å²) in [6.07, 6.45) is 0. The molecule has 2 amide bonds. The Morgan fingerprint density at radius 3 is 2.45 bits per heavy atom. The van der Waals surface area contributed by atoms with E-state index in [1.807, 2.05) is 48.5 Å². The molecule has 0 radical (unpaired) electrons. The molecule has 3 aromatic carbocycles. The van der Waals surface area contributed by atoms with Crippen LogP contribution in [0.3, 0.4) is 0 Å². The largest absolute Gasteiger partial charge is 0.484 e. The number of nitrogens with zero attached hydrogens (tertiary/aromatic N) is 1. The molecule has 146 valence electrons. The van der Waals surface area contributed by atoms with E-state index in [0.29, 0.717) is 16.5 Å². The Balaban J connectivity index is 1.71. The van der Waals surface area contributed by atoms with Gasteiger partial charge in [0.15, 0.2) is 6.61 Å². The van der Waals surface area contributed by atoms with Gasteiger partial charge in [0, 0.05) is 16.3 Å². The van der Waals surface area contributed by atoms with Crippen molar-refractivity contribution in [3.8, 4) is 5.75 Å². The van der Waals surface area contributed by atoms with Crippen molar-refractivity contribution in [1.29, 1.82) is 0 Å². The van der Waals surface area contributed by atoms with E-state index in [1.165, 1.54) is 4.90 Å². The third kappa shape index (κ3) is 4.25. The minimum absolute atomic E-state index is 0.0805. The molecule has 0 aromatic heterocycles. The molecule has 0 spiro atoms. The topological polar surface area (TPSA) is 58.6 Å². The number of anilines is 1. The Hall–Kier alpha value is -3.31. The summed E-state index contributed by atoms with van der Waals surface area (Å²) < 4.78 is 5.64. The third-order valence-corrected chi connectivity index (χ3v) is 4.98. The van der Waals surface area contributed by atoms with E-state index in [4.69, 9.17) is 16.3 Å². The second kappa shape index (κ2) is 8.37. The van der Waals surface area contributed by atoms with Crippen LogP contribution in [0.15, 0.2) is 78.9 Å². The van der Waals surface area contributed by atoms with Crippen molar-refractivity contribution < 1.29 is 14.3 Å². The fourth-order valence-corrected chi connectivity index (χ4v) is 3.63. The highest BCUT2D eigenvalue weighted by Crippen LogP contribution is 2.37. The molecule has 1 N–H and O–H groups in total. The quantitative estimate of drug-likeness (QED) is 0.703. The maximum atomic E-state index is 13.1. The van der Waals surface area contributed by atoms with Gasteiger partial charge in [0.1, 0.15) is 12.3 Å². The van der Waals surface area contributed by atoms with Crippen LogP contribution in [0.4, 0.5) is 5.69 Å². The van der Waals surface area contributed by atoms with Crippen LogP contribution in [-0.2, 0) is 9.59 Å². The summed E-state index contributed by atoms with van der Waals surface area (Å²) in [4.78, 5) is 27.2. The van der Waals surface area contributed by atoms with Gasteiger partial charge in [-0.2, -0.15) is 0 Å². The first-order valence-corrected chi connectivity index (χ1v) is 9.61. The molecular weight excluding hydrogens is 388 g/mol. The SMILES string of the molecule is O=C1CN(C(=O)COc2ccccc2)C(c2ccccc2)c2cc(Cl)ccc2N1. The van der Waals surface area contributed by atoms with Crippen LogP contribution in [-0.4, -0.2) is 29.9 Å². The molecule has 1 unspecified atom stereocenters. The fraction of sp³-hybridized carbons (Fsp3) is 0.130. The molecule has 5 nitrogen and oxygen atoms in total. The Morgan fingerprint density at radius 2 is 1.72 bits per heavy atom. The number of hydrogen-bond acceptors (Lipinski definition) is 3. The summed E-state index contributed by atoms with van der Waals surface area (Å²) in [6, 6.07) is 23.5. The summed E-state index contributed by atoms with van der Waals surface area (Å²) in [5.41, 5.74) is 2.30. The number of amides is 2. The molecule has 1 heterocycles. The van der Waals surface area contributed by atoms with Gasteiger partial charge in [-0.3, -0.25) is 9.59 Å². The normalized spacial score (nSPS) is 15.8. The molecule has 0 fully saturated rings. The number of benzene rings is 3. The van der Waals surface area contributed by atoms with Crippen molar-refractivity contribution in [1.82, 2.24) is 4.90 Å². The molecular formula is C23H19ClN2O3. The second-order valence-corrected chi connectivity index (χ2v) is 7.15. The average Bonchev–Trinajstić information content (AvgIpc) is 2.89. The predicted molar refractivity (Wildman–Crippen MR) is 112 cm³/mol. The van der Waals surface area contributed by atoms with E-state index in [0.717, 1.165) is 11.1 Å². The van der Waals surface area contributed by atoms with E-state index >= 15 is 0 Å². The van der Waals surface area contributed by atoms with Crippen LogP contribution in [0.2, 0.25) is 5.02 Å². The molecule has 0 bridgehead atoms. The van der Waals surface area contributed by atoms with Crippen LogP contribution in [0.1, 0.15) is 17.2 Å². The van der Waals surface area contributed by atoms with Crippen molar-refractivity contribution in [3.05, 3.63) is 95.0 Å². The first kappa shape index (κ1) is 19.0. The number of para-hydroxylation sites is 1. The van der Waals surface area contributed by atoms with Crippen LogP contribution < -0.4 is 10.1 Å². The molecule has 0 aliphatic carbocycles.